The highest BCUT2D eigenvalue weighted by Crippen LogP contribution is 2.36. The number of pyridine rings is 2. The second kappa shape index (κ2) is 8.85. The lowest BCUT2D eigenvalue weighted by Crippen LogP contribution is -2.31. The monoisotopic (exact) mass is 455 g/mol. The Kier molecular flexibility index (Phi) is 5.95. The molecular weight excluding hydrogens is 438 g/mol. The Labute approximate surface area is 186 Å². The van der Waals surface area contributed by atoms with Crippen LogP contribution in [0.25, 0.3) is 10.9 Å². The van der Waals surface area contributed by atoms with Crippen molar-refractivity contribution in [3.8, 4) is 5.75 Å². The molecule has 2 aromatic carbocycles. The molecule has 0 aliphatic carbocycles. The molecule has 0 aliphatic rings. The van der Waals surface area contributed by atoms with E-state index in [1.54, 1.807) is 18.3 Å². The summed E-state index contributed by atoms with van der Waals surface area (Å²) in [4.78, 5) is 21.1. The smallest absolute Gasteiger partial charge is 0.418 e. The average molecular weight is 455 g/mol. The third kappa shape index (κ3) is 4.62. The fourth-order valence-corrected chi connectivity index (χ4v) is 3.48. The molecule has 168 valence electrons. The van der Waals surface area contributed by atoms with Crippen LogP contribution < -0.4 is 10.1 Å². The van der Waals surface area contributed by atoms with E-state index in [-0.39, 0.29) is 16.9 Å². The molecule has 1 amide bonds. The summed E-state index contributed by atoms with van der Waals surface area (Å²) in [6.45, 7) is 0. The number of benzene rings is 2. The third-order valence-electron chi connectivity index (χ3n) is 5.07. The first kappa shape index (κ1) is 22.2. The van der Waals surface area contributed by atoms with Crippen molar-refractivity contribution in [3.05, 3.63) is 101 Å². The van der Waals surface area contributed by atoms with Gasteiger partial charge < -0.3 is 10.1 Å². The summed E-state index contributed by atoms with van der Waals surface area (Å²) in [6, 6.07) is 12.6. The molecule has 0 radical (unpaired) electrons. The normalized spacial score (nSPS) is 12.4. The molecule has 2 heterocycles. The number of rotatable bonds is 5. The minimum atomic E-state index is -4.73. The summed E-state index contributed by atoms with van der Waals surface area (Å²) >= 11 is 0. The van der Waals surface area contributed by atoms with Gasteiger partial charge in [0.25, 0.3) is 5.91 Å². The topological polar surface area (TPSA) is 64.1 Å². The van der Waals surface area contributed by atoms with Gasteiger partial charge in [-0.25, -0.2) is 4.39 Å². The molecule has 0 aliphatic heterocycles. The quantitative estimate of drug-likeness (QED) is 0.414. The van der Waals surface area contributed by atoms with Gasteiger partial charge in [0.2, 0.25) is 0 Å². The number of fused-ring (bicyclic) bond motifs is 1. The summed E-state index contributed by atoms with van der Waals surface area (Å²) in [7, 11) is 1.27. The first-order chi connectivity index (χ1) is 15.8. The first-order valence-electron chi connectivity index (χ1n) is 9.79. The minimum absolute atomic E-state index is 0.0739. The molecule has 4 aromatic rings. The second-order valence-corrected chi connectivity index (χ2v) is 7.15. The number of nitrogens with one attached hydrogen (secondary N) is 1. The Morgan fingerprint density at radius 2 is 1.76 bits per heavy atom. The SMILES string of the molecule is COc1ccc(C(NC(=O)c2ccc3cccnc3c2)c2ncccc2C(F)(F)F)cc1F. The van der Waals surface area contributed by atoms with Crippen molar-refractivity contribution >= 4 is 16.8 Å². The molecule has 33 heavy (non-hydrogen) atoms. The van der Waals surface area contributed by atoms with Gasteiger partial charge in [-0.15, -0.1) is 0 Å². The van der Waals surface area contributed by atoms with Gasteiger partial charge >= 0.3 is 6.18 Å². The molecule has 0 saturated heterocycles. The van der Waals surface area contributed by atoms with Gasteiger partial charge in [-0.3, -0.25) is 14.8 Å². The van der Waals surface area contributed by atoms with Crippen molar-refractivity contribution in [1.82, 2.24) is 15.3 Å². The molecule has 9 heteroatoms. The molecule has 1 atom stereocenters. The second-order valence-electron chi connectivity index (χ2n) is 7.15. The van der Waals surface area contributed by atoms with Gasteiger partial charge in [0.1, 0.15) is 0 Å². The summed E-state index contributed by atoms with van der Waals surface area (Å²) in [5.74, 6) is -1.53. The number of aromatic nitrogens is 2. The highest BCUT2D eigenvalue weighted by molar-refractivity contribution is 5.98. The third-order valence-corrected chi connectivity index (χ3v) is 5.07. The molecule has 1 unspecified atom stereocenters. The minimum Gasteiger partial charge on any atom is -0.494 e. The molecular formula is C24H17F4N3O2. The maximum Gasteiger partial charge on any atom is 0.418 e. The zero-order valence-electron chi connectivity index (χ0n) is 17.2. The maximum atomic E-state index is 14.4. The number of methoxy groups -OCH3 is 1. The standard InChI is InChI=1S/C24H17F4N3O2/c1-33-20-9-8-15(12-18(20)25)21(22-17(24(26,27)28)5-3-11-30-22)31-23(32)16-7-6-14-4-2-10-29-19(14)13-16/h2-13,21H,1H3,(H,31,32). The molecule has 0 spiro atoms. The van der Waals surface area contributed by atoms with Crippen LogP contribution in [0.2, 0.25) is 0 Å². The number of carbonyl (C=O) groups is 1. The zero-order valence-corrected chi connectivity index (χ0v) is 17.2. The highest BCUT2D eigenvalue weighted by Gasteiger charge is 2.37. The van der Waals surface area contributed by atoms with E-state index < -0.39 is 35.2 Å². The van der Waals surface area contributed by atoms with Crippen LogP contribution in [0.4, 0.5) is 17.6 Å². The molecule has 0 bridgehead atoms. The van der Waals surface area contributed by atoms with Crippen molar-refractivity contribution in [1.29, 1.82) is 0 Å². The number of halogens is 4. The van der Waals surface area contributed by atoms with Gasteiger partial charge in [-0.2, -0.15) is 13.2 Å². The predicted molar refractivity (Wildman–Crippen MR) is 113 cm³/mol. The molecule has 1 N–H and O–H groups in total. The molecule has 5 nitrogen and oxygen atoms in total. The van der Waals surface area contributed by atoms with Gasteiger partial charge in [-0.05, 0) is 48.0 Å². The molecule has 2 aromatic heterocycles. The number of carbonyl (C=O) groups excluding carboxylic acids is 1. The van der Waals surface area contributed by atoms with Gasteiger partial charge in [0, 0.05) is 23.3 Å². The van der Waals surface area contributed by atoms with Gasteiger partial charge in [0.15, 0.2) is 11.6 Å². The Morgan fingerprint density at radius 3 is 2.48 bits per heavy atom. The lowest BCUT2D eigenvalue weighted by Gasteiger charge is -2.23. The zero-order chi connectivity index (χ0) is 23.6. The summed E-state index contributed by atoms with van der Waals surface area (Å²) in [6.07, 6.45) is -1.98. The van der Waals surface area contributed by atoms with Crippen molar-refractivity contribution in [2.45, 2.75) is 12.2 Å². The van der Waals surface area contributed by atoms with Crippen LogP contribution in [0.5, 0.6) is 5.75 Å². The van der Waals surface area contributed by atoms with Crippen LogP contribution in [-0.4, -0.2) is 23.0 Å². The van der Waals surface area contributed by atoms with E-state index in [4.69, 9.17) is 4.74 Å². The molecule has 4 rings (SSSR count). The van der Waals surface area contributed by atoms with Gasteiger partial charge in [-0.1, -0.05) is 18.2 Å². The lowest BCUT2D eigenvalue weighted by atomic mass is 9.98. The fourth-order valence-electron chi connectivity index (χ4n) is 3.48. The number of ether oxygens (including phenoxy) is 1. The van der Waals surface area contributed by atoms with Crippen LogP contribution in [0.15, 0.2) is 73.1 Å². The number of nitrogens with zero attached hydrogens (tertiary/aromatic N) is 2. The van der Waals surface area contributed by atoms with E-state index >= 15 is 0 Å². The van der Waals surface area contributed by atoms with Crippen molar-refractivity contribution in [2.75, 3.05) is 7.11 Å². The van der Waals surface area contributed by atoms with Crippen LogP contribution in [0.3, 0.4) is 0 Å². The van der Waals surface area contributed by atoms with E-state index in [2.05, 4.69) is 15.3 Å². The Bertz CT molecular complexity index is 1320. The predicted octanol–water partition coefficient (Wildman–Crippen LogP) is 5.32. The largest absolute Gasteiger partial charge is 0.494 e. The Morgan fingerprint density at radius 1 is 1.00 bits per heavy atom. The van der Waals surface area contributed by atoms with Crippen LogP contribution in [0, 0.1) is 5.82 Å². The Hall–Kier alpha value is -4.01. The van der Waals surface area contributed by atoms with E-state index in [0.717, 1.165) is 23.6 Å². The lowest BCUT2D eigenvalue weighted by molar-refractivity contribution is -0.138. The van der Waals surface area contributed by atoms with Gasteiger partial charge in [0.05, 0.1) is 29.9 Å². The maximum absolute atomic E-state index is 14.4. The number of amides is 1. The Balaban J connectivity index is 1.79. The van der Waals surface area contributed by atoms with Crippen LogP contribution >= 0.6 is 0 Å². The fraction of sp³-hybridized carbons (Fsp3) is 0.125. The highest BCUT2D eigenvalue weighted by atomic mass is 19.4. The summed E-state index contributed by atoms with van der Waals surface area (Å²) in [5.41, 5.74) is -0.686. The summed E-state index contributed by atoms with van der Waals surface area (Å²) in [5, 5.41) is 3.37. The average Bonchev–Trinajstić information content (AvgIpc) is 2.81. The summed E-state index contributed by atoms with van der Waals surface area (Å²) < 4.78 is 60.4. The van der Waals surface area contributed by atoms with Crippen molar-refractivity contribution in [2.24, 2.45) is 0 Å². The van der Waals surface area contributed by atoms with Crippen molar-refractivity contribution < 1.29 is 27.1 Å². The van der Waals surface area contributed by atoms with Crippen LogP contribution in [0.1, 0.15) is 33.2 Å². The van der Waals surface area contributed by atoms with E-state index in [1.165, 1.54) is 37.6 Å². The van der Waals surface area contributed by atoms with Crippen molar-refractivity contribution in [3.63, 3.8) is 0 Å². The van der Waals surface area contributed by atoms with E-state index in [0.29, 0.717) is 5.52 Å². The molecule has 0 saturated carbocycles. The number of alkyl halides is 3. The molecule has 0 fully saturated rings. The van der Waals surface area contributed by atoms with E-state index in [1.807, 2.05) is 6.07 Å². The number of hydrogen-bond donors (Lipinski definition) is 1. The van der Waals surface area contributed by atoms with E-state index in [9.17, 15) is 22.4 Å². The first-order valence-corrected chi connectivity index (χ1v) is 9.79. The van der Waals surface area contributed by atoms with Crippen LogP contribution in [-0.2, 0) is 6.18 Å². The number of hydrogen-bond acceptors (Lipinski definition) is 4.